The molecule has 698 valence electrons. The van der Waals surface area contributed by atoms with Crippen LogP contribution in [-0.2, 0) is 120 Å². The van der Waals surface area contributed by atoms with Crippen LogP contribution in [0.1, 0.15) is 99.6 Å². The van der Waals surface area contributed by atoms with Crippen LogP contribution in [0, 0.1) is 5.92 Å². The van der Waals surface area contributed by atoms with Gasteiger partial charge in [0.1, 0.15) is 96.6 Å². The number of thioether (sulfide) groups is 2. The summed E-state index contributed by atoms with van der Waals surface area (Å²) in [6, 6.07) is 25.6. The molecular weight excluding hydrogens is 1720 g/mol. The summed E-state index contributed by atoms with van der Waals surface area (Å²) < 4.78 is 5.09. The van der Waals surface area contributed by atoms with Crippen molar-refractivity contribution in [3.63, 3.8) is 0 Å². The predicted molar refractivity (Wildman–Crippen MR) is 490 cm³/mol. The second kappa shape index (κ2) is 48.4. The number of hydrogen-bond acceptors (Lipinski definition) is 21. The number of nitrogens with one attached hydrogen (secondary N) is 10. The number of likely N-dealkylation sites (N-methyl/N-ethyl adjacent to an activating group) is 3. The Kier molecular flexibility index (Phi) is 36.9. The number of aromatic amines is 1. The minimum atomic E-state index is -1.71. The molecule has 37 heteroatoms. The third kappa shape index (κ3) is 28.1. The van der Waals surface area contributed by atoms with Gasteiger partial charge in [0.2, 0.25) is 88.6 Å². The first-order valence-corrected chi connectivity index (χ1v) is 45.9. The lowest BCUT2D eigenvalue weighted by atomic mass is 9.99. The molecule has 1 aromatic heterocycles. The second-order valence-electron chi connectivity index (χ2n) is 33.4. The summed E-state index contributed by atoms with van der Waals surface area (Å²) in [5.41, 5.74) is 9.28. The van der Waals surface area contributed by atoms with Gasteiger partial charge in [0.15, 0.2) is 0 Å². The Labute approximate surface area is 768 Å². The van der Waals surface area contributed by atoms with Crippen LogP contribution in [0.15, 0.2) is 170 Å². The average Bonchev–Trinajstić information content (AvgIpc) is 1.79. The standard InChI is InChI=1S/C94H116N16O19S2/c1-8-9-30-76-94(128)109-40-21-31-75(109)87(121)104-73(50-129-55-111)86(120)98-57(4)90(124)107(6)77(45-59-24-15-11-16-25-59)88(122)103-72(44-62-34-38-65(113)39-35-62)92(126)110-54-131-52-79(110)89(123)102-70(47-63-48-96-67-29-20-19-28-66(63)67)85(119)101-69(42-61-32-36-64(112)37-33-61)84(118)100-68(41-56(2)3)83(117)105-74(82(116)97-49-80(95)114)51-130-53-81(115)99-71(43-58-22-13-10-14-23-58)91(125)108(7)78(93(127)106(76)5)46-60-26-17-12-18-27-60/h10-20,22-29,32-39,48,55-57,68-79,96,112-113H,8-9,21,30-31,40-47,49-54H2,1-7H3,(H2,95,114)(H,97,116)(H,98,120)(H,99,115)(H,100,118)(H,101,119)(H,102,123)(H,103,122)(H,104,121)(H,105,117)/t57-,68-,69-,70-,71-,72-,73-,74-,75+,76-,77-,78-,79+/m0/s1. The molecule has 0 saturated carbocycles. The van der Waals surface area contributed by atoms with E-state index >= 15 is 47.9 Å². The van der Waals surface area contributed by atoms with Gasteiger partial charge in [0, 0.05) is 94.8 Å². The molecular formula is C94H116N16O19S2. The Bertz CT molecular complexity index is 5170. The van der Waals surface area contributed by atoms with Crippen molar-refractivity contribution in [2.75, 3.05) is 64.0 Å². The van der Waals surface area contributed by atoms with Crippen molar-refractivity contribution in [1.29, 1.82) is 0 Å². The van der Waals surface area contributed by atoms with E-state index < -0.39 is 186 Å². The Morgan fingerprint density at radius 3 is 1.60 bits per heavy atom. The molecule has 131 heavy (non-hydrogen) atoms. The van der Waals surface area contributed by atoms with Crippen LogP contribution in [0.3, 0.4) is 0 Å². The summed E-state index contributed by atoms with van der Waals surface area (Å²) in [5.74, 6) is -14.3. The van der Waals surface area contributed by atoms with Gasteiger partial charge < -0.3 is 98.0 Å². The van der Waals surface area contributed by atoms with Gasteiger partial charge in [-0.2, -0.15) is 0 Å². The summed E-state index contributed by atoms with van der Waals surface area (Å²) >= 11 is 2.03. The lowest BCUT2D eigenvalue weighted by Crippen LogP contribution is -2.61. The van der Waals surface area contributed by atoms with Gasteiger partial charge in [0.05, 0.1) is 18.2 Å². The number of phenols is 2. The smallest absolute Gasteiger partial charge is 0.293 e. The van der Waals surface area contributed by atoms with E-state index in [0.29, 0.717) is 57.1 Å². The normalized spacial score (nSPS) is 23.6. The van der Waals surface area contributed by atoms with E-state index in [1.54, 1.807) is 135 Å². The van der Waals surface area contributed by atoms with Gasteiger partial charge in [-0.15, -0.1) is 23.5 Å². The number of rotatable bonds is 23. The maximum absolute atomic E-state index is 15.7. The van der Waals surface area contributed by atoms with E-state index in [1.807, 2.05) is 6.92 Å². The Morgan fingerprint density at radius 2 is 1.00 bits per heavy atom. The van der Waals surface area contributed by atoms with Gasteiger partial charge in [-0.05, 0) is 102 Å². The number of fused-ring (bicyclic) bond motifs is 3. The monoisotopic (exact) mass is 1840 g/mol. The Hall–Kier alpha value is -13.3. The highest BCUT2D eigenvalue weighted by Crippen LogP contribution is 2.29. The van der Waals surface area contributed by atoms with Crippen LogP contribution < -0.4 is 53.6 Å². The van der Waals surface area contributed by atoms with Crippen LogP contribution >= 0.6 is 23.5 Å². The van der Waals surface area contributed by atoms with Crippen LogP contribution in [0.4, 0.5) is 0 Å². The summed E-state index contributed by atoms with van der Waals surface area (Å²) in [4.78, 5) is 246. The number of carbonyl (C=O) groups is 16. The zero-order valence-electron chi connectivity index (χ0n) is 74.2. The highest BCUT2D eigenvalue weighted by atomic mass is 32.2. The lowest BCUT2D eigenvalue weighted by molar-refractivity contribution is -0.152. The molecule has 15 amide bonds. The number of nitrogens with zero attached hydrogens (tertiary/aromatic N) is 5. The molecule has 0 unspecified atom stereocenters. The number of ether oxygens (including phenoxy) is 1. The first-order valence-electron chi connectivity index (χ1n) is 43.6. The molecule has 3 aliphatic rings. The lowest BCUT2D eigenvalue weighted by Gasteiger charge is -2.38. The van der Waals surface area contributed by atoms with E-state index in [1.165, 1.54) is 108 Å². The number of aromatic nitrogens is 1. The van der Waals surface area contributed by atoms with E-state index in [4.69, 9.17) is 10.5 Å². The number of phenolic OH excluding ortho intramolecular Hbond substituents is 2. The first-order chi connectivity index (χ1) is 62.8. The quantitative estimate of drug-likeness (QED) is 0.0409. The first kappa shape index (κ1) is 99.8. The summed E-state index contributed by atoms with van der Waals surface area (Å²) in [5, 5.41) is 46.0. The molecule has 14 N–H and O–H groups in total. The van der Waals surface area contributed by atoms with Gasteiger partial charge in [-0.1, -0.05) is 167 Å². The molecule has 7 aromatic rings. The van der Waals surface area contributed by atoms with Crippen LogP contribution in [0.25, 0.3) is 10.9 Å². The number of nitrogens with two attached hydrogens (primary N) is 1. The van der Waals surface area contributed by atoms with Gasteiger partial charge in [0.25, 0.3) is 6.47 Å². The maximum Gasteiger partial charge on any atom is 0.293 e. The Morgan fingerprint density at radius 1 is 0.504 bits per heavy atom. The summed E-state index contributed by atoms with van der Waals surface area (Å²) in [6.45, 7) is 5.33. The van der Waals surface area contributed by atoms with E-state index in [9.17, 15) is 39.0 Å². The van der Waals surface area contributed by atoms with E-state index in [-0.39, 0.29) is 112 Å². The van der Waals surface area contributed by atoms with Crippen LogP contribution in [0.2, 0.25) is 0 Å². The topological polar surface area (TPSA) is 489 Å². The van der Waals surface area contributed by atoms with Gasteiger partial charge >= 0.3 is 0 Å². The number of carbonyl (C=O) groups excluding carboxylic acids is 16. The van der Waals surface area contributed by atoms with Crippen molar-refractivity contribution in [1.82, 2.24) is 77.3 Å². The molecule has 10 rings (SSSR count). The molecule has 0 aliphatic carbocycles. The third-order valence-corrected chi connectivity index (χ3v) is 25.3. The van der Waals surface area contributed by atoms with Crippen molar-refractivity contribution in [3.8, 4) is 11.5 Å². The molecule has 4 heterocycles. The van der Waals surface area contributed by atoms with Crippen LogP contribution in [-0.4, -0.2) is 277 Å². The Balaban J connectivity index is 1.03. The van der Waals surface area contributed by atoms with E-state index in [2.05, 4.69) is 52.8 Å². The highest BCUT2D eigenvalue weighted by molar-refractivity contribution is 8.00. The largest absolute Gasteiger partial charge is 0.508 e. The second-order valence-corrected chi connectivity index (χ2v) is 35.4. The fourth-order valence-corrected chi connectivity index (χ4v) is 18.1. The molecule has 6 aromatic carbocycles. The number of hydrogen-bond donors (Lipinski definition) is 13. The number of primary amides is 1. The van der Waals surface area contributed by atoms with Crippen molar-refractivity contribution < 1.29 is 91.7 Å². The highest BCUT2D eigenvalue weighted by Gasteiger charge is 2.46. The van der Waals surface area contributed by atoms with Crippen molar-refractivity contribution >= 4 is 130 Å². The predicted octanol–water partition coefficient (Wildman–Crippen LogP) is 2.36. The molecule has 0 radical (unpaired) electrons. The fourth-order valence-electron chi connectivity index (χ4n) is 16.1. The van der Waals surface area contributed by atoms with Crippen molar-refractivity contribution in [3.05, 3.63) is 203 Å². The van der Waals surface area contributed by atoms with Crippen molar-refractivity contribution in [2.24, 2.45) is 11.7 Å². The molecule has 0 spiro atoms. The number of benzene rings is 6. The molecule has 3 aliphatic heterocycles. The number of para-hydroxylation sites is 1. The molecule has 3 fully saturated rings. The fraction of sp³-hybridized carbons (Fsp3) is 0.426. The van der Waals surface area contributed by atoms with Crippen LogP contribution in [0.5, 0.6) is 11.5 Å². The number of amides is 15. The zero-order valence-corrected chi connectivity index (χ0v) is 75.9. The molecule has 13 atom stereocenters. The van der Waals surface area contributed by atoms with Gasteiger partial charge in [-0.25, -0.2) is 0 Å². The third-order valence-electron chi connectivity index (χ3n) is 23.3. The summed E-state index contributed by atoms with van der Waals surface area (Å²) in [7, 11) is 4.13. The molecule has 3 saturated heterocycles. The zero-order chi connectivity index (χ0) is 94.5. The minimum Gasteiger partial charge on any atom is -0.508 e. The van der Waals surface area contributed by atoms with Crippen molar-refractivity contribution in [2.45, 2.75) is 183 Å². The summed E-state index contributed by atoms with van der Waals surface area (Å²) in [6.07, 6.45) is 1.78. The SMILES string of the molecule is CCCC[C@H]1C(=O)N2CCC[C@@H]2C(=O)N[C@@H](COC=O)C(=O)N[C@@H](C)C(=O)N(C)[C@@H](Cc2ccccc2)C(=O)N[C@@H](Cc2ccc(O)cc2)C(=O)N2CSC[C@@H]2C(=O)N[C@@H](Cc2c[nH]c3ccccc23)C(=O)N[C@@H](Cc2ccc(O)cc2)C(=O)N[C@@H](CC(C)C)C(=O)N[C@H](C(=O)NCC(N)=O)CSCC(=O)N[C@@H](Cc2ccccc2)C(=O)N(C)[C@@H](Cc2ccccc2)C(=O)N1C. The average molecular weight is 1840 g/mol. The minimum absolute atomic E-state index is 0.0149. The van der Waals surface area contributed by atoms with E-state index in [0.717, 1.165) is 16.7 Å². The number of aromatic hydroxyl groups is 2. The molecule has 35 nitrogen and oxygen atoms in total. The molecule has 0 bridgehead atoms. The van der Waals surface area contributed by atoms with Gasteiger partial charge in [-0.3, -0.25) is 76.7 Å². The number of unbranched alkanes of at least 4 members (excludes halogenated alkanes) is 1. The maximum atomic E-state index is 15.7. The number of H-pyrrole nitrogens is 1.